The minimum atomic E-state index is -0.0944. The molecule has 20 heavy (non-hydrogen) atoms. The van der Waals surface area contributed by atoms with Crippen LogP contribution < -0.4 is 5.32 Å². The lowest BCUT2D eigenvalue weighted by Gasteiger charge is -2.19. The average molecular weight is 295 g/mol. The Balaban J connectivity index is 2.42. The number of aromatic nitrogens is 3. The van der Waals surface area contributed by atoms with Gasteiger partial charge in [-0.1, -0.05) is 17.7 Å². The number of hydrogen-bond acceptors (Lipinski definition) is 4. The fourth-order valence-electron chi connectivity index (χ4n) is 2.22. The second kappa shape index (κ2) is 6.83. The maximum absolute atomic E-state index is 6.31. The van der Waals surface area contributed by atoms with Crippen molar-refractivity contribution in [2.45, 2.75) is 19.5 Å². The number of pyridine rings is 1. The zero-order valence-electron chi connectivity index (χ0n) is 11.9. The van der Waals surface area contributed by atoms with Gasteiger partial charge in [0.05, 0.1) is 41.8 Å². The predicted molar refractivity (Wildman–Crippen MR) is 79.0 cm³/mol. The van der Waals surface area contributed by atoms with Crippen LogP contribution >= 0.6 is 11.6 Å². The first-order valence-corrected chi connectivity index (χ1v) is 6.85. The van der Waals surface area contributed by atoms with E-state index in [-0.39, 0.29) is 6.04 Å². The van der Waals surface area contributed by atoms with E-state index in [4.69, 9.17) is 16.3 Å². The average Bonchev–Trinajstić information content (AvgIpc) is 2.81. The Labute approximate surface area is 123 Å². The van der Waals surface area contributed by atoms with E-state index in [0.29, 0.717) is 18.2 Å². The lowest BCUT2D eigenvalue weighted by Crippen LogP contribution is -2.24. The summed E-state index contributed by atoms with van der Waals surface area (Å²) in [5.74, 6) is 0. The zero-order valence-corrected chi connectivity index (χ0v) is 12.7. The molecule has 108 valence electrons. The van der Waals surface area contributed by atoms with Gasteiger partial charge < -0.3 is 10.1 Å². The Kier molecular flexibility index (Phi) is 5.11. The maximum Gasteiger partial charge on any atom is 0.0937 e. The van der Waals surface area contributed by atoms with Crippen molar-refractivity contribution in [3.63, 3.8) is 0 Å². The third-order valence-corrected chi connectivity index (χ3v) is 3.52. The monoisotopic (exact) mass is 294 g/mol. The molecule has 0 saturated heterocycles. The second-order valence-electron chi connectivity index (χ2n) is 4.52. The first kappa shape index (κ1) is 15.0. The van der Waals surface area contributed by atoms with E-state index >= 15 is 0 Å². The molecular weight excluding hydrogens is 276 g/mol. The van der Waals surface area contributed by atoms with Crippen molar-refractivity contribution in [2.75, 3.05) is 20.8 Å². The van der Waals surface area contributed by atoms with Crippen LogP contribution in [0.5, 0.6) is 0 Å². The number of nitrogens with zero attached hydrogens (tertiary/aromatic N) is 3. The van der Waals surface area contributed by atoms with Gasteiger partial charge in [0.1, 0.15) is 0 Å². The van der Waals surface area contributed by atoms with Crippen LogP contribution in [0.1, 0.15) is 23.0 Å². The van der Waals surface area contributed by atoms with Gasteiger partial charge in [-0.15, -0.1) is 0 Å². The summed E-state index contributed by atoms with van der Waals surface area (Å²) in [6, 6.07) is 3.87. The summed E-state index contributed by atoms with van der Waals surface area (Å²) in [7, 11) is 3.56. The largest absolute Gasteiger partial charge is 0.383 e. The summed E-state index contributed by atoms with van der Waals surface area (Å²) in [6.07, 6.45) is 3.45. The Morgan fingerprint density at radius 1 is 1.50 bits per heavy atom. The van der Waals surface area contributed by atoms with Gasteiger partial charge in [0.15, 0.2) is 0 Å². The maximum atomic E-state index is 6.31. The smallest absolute Gasteiger partial charge is 0.0937 e. The fourth-order valence-corrected chi connectivity index (χ4v) is 2.47. The third-order valence-electron chi connectivity index (χ3n) is 3.23. The van der Waals surface area contributed by atoms with Crippen LogP contribution in [0.15, 0.2) is 24.5 Å². The summed E-state index contributed by atoms with van der Waals surface area (Å²) in [4.78, 5) is 4.47. The number of halogens is 1. The van der Waals surface area contributed by atoms with E-state index in [0.717, 1.165) is 17.0 Å². The number of ether oxygens (including phenoxy) is 1. The van der Waals surface area contributed by atoms with Crippen LogP contribution in [-0.2, 0) is 11.3 Å². The Morgan fingerprint density at radius 2 is 2.30 bits per heavy atom. The van der Waals surface area contributed by atoms with Gasteiger partial charge in [-0.2, -0.15) is 5.10 Å². The molecule has 2 aromatic rings. The Morgan fingerprint density at radius 3 is 2.95 bits per heavy atom. The van der Waals surface area contributed by atoms with E-state index in [1.54, 1.807) is 19.5 Å². The Bertz CT molecular complexity index is 570. The summed E-state index contributed by atoms with van der Waals surface area (Å²) < 4.78 is 6.98. The van der Waals surface area contributed by atoms with Gasteiger partial charge in [0.25, 0.3) is 0 Å². The van der Waals surface area contributed by atoms with Crippen LogP contribution in [0.3, 0.4) is 0 Å². The summed E-state index contributed by atoms with van der Waals surface area (Å²) in [5, 5.41) is 8.21. The highest BCUT2D eigenvalue weighted by molar-refractivity contribution is 6.31. The van der Waals surface area contributed by atoms with E-state index < -0.39 is 0 Å². The van der Waals surface area contributed by atoms with Crippen molar-refractivity contribution in [3.8, 4) is 0 Å². The van der Waals surface area contributed by atoms with Crippen LogP contribution in [0.25, 0.3) is 0 Å². The van der Waals surface area contributed by atoms with Crippen molar-refractivity contribution in [1.82, 2.24) is 20.1 Å². The number of methoxy groups -OCH3 is 1. The molecule has 0 radical (unpaired) electrons. The van der Waals surface area contributed by atoms with Crippen molar-refractivity contribution >= 4 is 11.6 Å². The summed E-state index contributed by atoms with van der Waals surface area (Å²) in [6.45, 7) is 3.28. The highest BCUT2D eigenvalue weighted by Crippen LogP contribution is 2.28. The van der Waals surface area contributed by atoms with Crippen molar-refractivity contribution in [1.29, 1.82) is 0 Å². The van der Waals surface area contributed by atoms with E-state index in [1.807, 2.05) is 30.8 Å². The molecule has 5 nitrogen and oxygen atoms in total. The van der Waals surface area contributed by atoms with Crippen LogP contribution in [0.4, 0.5) is 0 Å². The van der Waals surface area contributed by atoms with Gasteiger partial charge in [-0.05, 0) is 25.6 Å². The highest BCUT2D eigenvalue weighted by Gasteiger charge is 2.23. The standard InChI is InChI=1S/C14H19ClN4O/c1-10-5-4-6-17-12(10)13(16-2)14-11(15)9-18-19(14)7-8-20-3/h4-6,9,13,16H,7-8H2,1-3H3. The van der Waals surface area contributed by atoms with Gasteiger partial charge in [-0.25, -0.2) is 0 Å². The lowest BCUT2D eigenvalue weighted by atomic mass is 10.1. The molecule has 0 bridgehead atoms. The quantitative estimate of drug-likeness (QED) is 0.887. The third kappa shape index (κ3) is 3.00. The number of rotatable bonds is 6. The SMILES string of the molecule is CNC(c1ncccc1C)c1c(Cl)cnn1CCOC. The molecule has 1 atom stereocenters. The minimum absolute atomic E-state index is 0.0944. The number of aryl methyl sites for hydroxylation is 1. The molecule has 1 N–H and O–H groups in total. The first-order valence-electron chi connectivity index (χ1n) is 6.48. The molecule has 0 aliphatic carbocycles. The molecule has 0 aliphatic heterocycles. The molecule has 6 heteroatoms. The lowest BCUT2D eigenvalue weighted by molar-refractivity contribution is 0.182. The highest BCUT2D eigenvalue weighted by atomic mass is 35.5. The molecule has 0 amide bonds. The fraction of sp³-hybridized carbons (Fsp3) is 0.429. The number of nitrogens with one attached hydrogen (secondary N) is 1. The van der Waals surface area contributed by atoms with Crippen molar-refractivity contribution in [3.05, 3.63) is 46.5 Å². The molecule has 2 rings (SSSR count). The summed E-state index contributed by atoms with van der Waals surface area (Å²) in [5.41, 5.74) is 2.98. The van der Waals surface area contributed by atoms with Gasteiger partial charge >= 0.3 is 0 Å². The predicted octanol–water partition coefficient (Wildman–Crippen LogP) is 2.20. The molecule has 0 fully saturated rings. The molecular formula is C14H19ClN4O. The van der Waals surface area contributed by atoms with Crippen molar-refractivity contribution in [2.24, 2.45) is 0 Å². The second-order valence-corrected chi connectivity index (χ2v) is 4.93. The first-order chi connectivity index (χ1) is 9.69. The van der Waals surface area contributed by atoms with E-state index in [9.17, 15) is 0 Å². The van der Waals surface area contributed by atoms with E-state index in [1.165, 1.54) is 0 Å². The minimum Gasteiger partial charge on any atom is -0.383 e. The molecule has 2 aromatic heterocycles. The molecule has 0 spiro atoms. The molecule has 0 aromatic carbocycles. The van der Waals surface area contributed by atoms with Crippen LogP contribution in [0.2, 0.25) is 5.02 Å². The van der Waals surface area contributed by atoms with Crippen LogP contribution in [-0.4, -0.2) is 35.5 Å². The van der Waals surface area contributed by atoms with Crippen LogP contribution in [0, 0.1) is 6.92 Å². The summed E-state index contributed by atoms with van der Waals surface area (Å²) >= 11 is 6.31. The Hall–Kier alpha value is -1.43. The molecule has 0 saturated carbocycles. The normalized spacial score (nSPS) is 12.6. The molecule has 2 heterocycles. The van der Waals surface area contributed by atoms with E-state index in [2.05, 4.69) is 15.4 Å². The van der Waals surface area contributed by atoms with Gasteiger partial charge in [-0.3, -0.25) is 9.67 Å². The zero-order chi connectivity index (χ0) is 14.5. The molecule has 0 aliphatic rings. The molecule has 1 unspecified atom stereocenters. The topological polar surface area (TPSA) is 52.0 Å². The number of hydrogen-bond donors (Lipinski definition) is 1. The van der Waals surface area contributed by atoms with Crippen molar-refractivity contribution < 1.29 is 4.74 Å². The van der Waals surface area contributed by atoms with Gasteiger partial charge in [0, 0.05) is 13.3 Å². The van der Waals surface area contributed by atoms with Gasteiger partial charge in [0.2, 0.25) is 0 Å².